The third-order valence-corrected chi connectivity index (χ3v) is 6.36. The SMILES string of the molecule is CCCOc1ccc(C(=O)Oc2ccc(Br)cc2/C=N/NC(=O)C(=O)Nc2nnc(-c3ccccc3)s2)cc1. The second-order valence-electron chi connectivity index (χ2n) is 7.88. The molecule has 2 amide bonds. The average Bonchev–Trinajstić information content (AvgIpc) is 3.42. The normalized spacial score (nSPS) is 10.7. The number of carbonyl (C=O) groups excluding carboxylic acids is 3. The second-order valence-corrected chi connectivity index (χ2v) is 9.77. The summed E-state index contributed by atoms with van der Waals surface area (Å²) in [5, 5.41) is 14.9. The number of ether oxygens (including phenoxy) is 2. The van der Waals surface area contributed by atoms with E-state index < -0.39 is 17.8 Å². The van der Waals surface area contributed by atoms with Crippen molar-refractivity contribution in [3.8, 4) is 22.1 Å². The first kappa shape index (κ1) is 27.6. The molecule has 0 fully saturated rings. The van der Waals surface area contributed by atoms with Crippen LogP contribution in [-0.4, -0.2) is 40.8 Å². The molecule has 2 N–H and O–H groups in total. The van der Waals surface area contributed by atoms with Crippen molar-refractivity contribution in [1.29, 1.82) is 0 Å². The summed E-state index contributed by atoms with van der Waals surface area (Å²) in [7, 11) is 0. The van der Waals surface area contributed by atoms with Gasteiger partial charge in [-0.3, -0.25) is 14.9 Å². The Kier molecular flexibility index (Phi) is 9.48. The zero-order valence-electron chi connectivity index (χ0n) is 20.6. The number of nitrogens with zero attached hydrogens (tertiary/aromatic N) is 3. The number of hydrazone groups is 1. The highest BCUT2D eigenvalue weighted by Gasteiger charge is 2.17. The maximum absolute atomic E-state index is 12.7. The van der Waals surface area contributed by atoms with E-state index in [0.717, 1.165) is 23.3 Å². The quantitative estimate of drug-likeness (QED) is 0.0893. The van der Waals surface area contributed by atoms with Gasteiger partial charge >= 0.3 is 17.8 Å². The number of rotatable bonds is 9. The molecule has 39 heavy (non-hydrogen) atoms. The van der Waals surface area contributed by atoms with Gasteiger partial charge in [-0.15, -0.1) is 10.2 Å². The average molecular weight is 608 g/mol. The molecule has 0 spiro atoms. The number of nitrogens with one attached hydrogen (secondary N) is 2. The summed E-state index contributed by atoms with van der Waals surface area (Å²) < 4.78 is 11.8. The van der Waals surface area contributed by atoms with Gasteiger partial charge in [0.1, 0.15) is 16.5 Å². The molecule has 0 unspecified atom stereocenters. The van der Waals surface area contributed by atoms with Crippen LogP contribution >= 0.6 is 27.3 Å². The summed E-state index contributed by atoms with van der Waals surface area (Å²) in [4.78, 5) is 37.2. The number of benzene rings is 3. The van der Waals surface area contributed by atoms with Gasteiger partial charge < -0.3 is 9.47 Å². The van der Waals surface area contributed by atoms with Crippen LogP contribution in [0.2, 0.25) is 0 Å². The number of hydrogen-bond acceptors (Lipinski definition) is 9. The van der Waals surface area contributed by atoms with Crippen LogP contribution in [0.4, 0.5) is 5.13 Å². The highest BCUT2D eigenvalue weighted by Crippen LogP contribution is 2.26. The highest BCUT2D eigenvalue weighted by atomic mass is 79.9. The van der Waals surface area contributed by atoms with E-state index in [-0.39, 0.29) is 10.9 Å². The van der Waals surface area contributed by atoms with Crippen molar-refractivity contribution in [1.82, 2.24) is 15.6 Å². The first-order valence-corrected chi connectivity index (χ1v) is 13.3. The van der Waals surface area contributed by atoms with Crippen LogP contribution < -0.4 is 20.2 Å². The minimum Gasteiger partial charge on any atom is -0.494 e. The third-order valence-electron chi connectivity index (χ3n) is 4.98. The van der Waals surface area contributed by atoms with Gasteiger partial charge in [0.05, 0.1) is 18.4 Å². The summed E-state index contributed by atoms with van der Waals surface area (Å²) in [6.45, 7) is 2.59. The molecule has 4 aromatic rings. The van der Waals surface area contributed by atoms with Crippen LogP contribution in [0.5, 0.6) is 11.5 Å². The van der Waals surface area contributed by atoms with E-state index in [9.17, 15) is 14.4 Å². The fourth-order valence-corrected chi connectivity index (χ4v) is 4.24. The fraction of sp³-hybridized carbons (Fsp3) is 0.111. The predicted octanol–water partition coefficient (Wildman–Crippen LogP) is 5.06. The molecule has 3 aromatic carbocycles. The lowest BCUT2D eigenvalue weighted by atomic mass is 10.2. The van der Waals surface area contributed by atoms with Gasteiger partial charge in [-0.05, 0) is 48.9 Å². The molecule has 12 heteroatoms. The summed E-state index contributed by atoms with van der Waals surface area (Å²) in [6.07, 6.45) is 2.14. The fourth-order valence-electron chi connectivity index (χ4n) is 3.12. The van der Waals surface area contributed by atoms with Crippen molar-refractivity contribution >= 4 is 56.4 Å². The van der Waals surface area contributed by atoms with Crippen LogP contribution in [-0.2, 0) is 9.59 Å². The van der Waals surface area contributed by atoms with Crippen molar-refractivity contribution in [2.75, 3.05) is 11.9 Å². The van der Waals surface area contributed by atoms with Crippen LogP contribution in [0.1, 0.15) is 29.3 Å². The molecule has 0 atom stereocenters. The number of aromatic nitrogens is 2. The maximum atomic E-state index is 12.7. The minimum absolute atomic E-state index is 0.170. The molecule has 4 rings (SSSR count). The monoisotopic (exact) mass is 607 g/mol. The van der Waals surface area contributed by atoms with Crippen molar-refractivity contribution in [2.24, 2.45) is 5.10 Å². The molecule has 198 valence electrons. The van der Waals surface area contributed by atoms with E-state index in [2.05, 4.69) is 42.0 Å². The highest BCUT2D eigenvalue weighted by molar-refractivity contribution is 9.10. The van der Waals surface area contributed by atoms with E-state index in [1.165, 1.54) is 6.21 Å². The third kappa shape index (κ3) is 7.79. The van der Waals surface area contributed by atoms with E-state index in [0.29, 0.717) is 33.0 Å². The van der Waals surface area contributed by atoms with E-state index in [1.54, 1.807) is 42.5 Å². The molecule has 0 radical (unpaired) electrons. The predicted molar refractivity (Wildman–Crippen MR) is 151 cm³/mol. The van der Waals surface area contributed by atoms with E-state index in [4.69, 9.17) is 9.47 Å². The number of halogens is 1. The van der Waals surface area contributed by atoms with Crippen molar-refractivity contribution in [2.45, 2.75) is 13.3 Å². The van der Waals surface area contributed by atoms with E-state index >= 15 is 0 Å². The zero-order chi connectivity index (χ0) is 27.6. The number of hydrogen-bond donors (Lipinski definition) is 2. The molecule has 10 nitrogen and oxygen atoms in total. The smallest absolute Gasteiger partial charge is 0.343 e. The van der Waals surface area contributed by atoms with Gasteiger partial charge in [-0.1, -0.05) is 64.5 Å². The molecule has 0 saturated heterocycles. The summed E-state index contributed by atoms with van der Waals surface area (Å²) in [5.74, 6) is -1.69. The Labute approximate surface area is 236 Å². The first-order chi connectivity index (χ1) is 18.9. The number of carbonyl (C=O) groups is 3. The number of esters is 1. The van der Waals surface area contributed by atoms with Crippen LogP contribution in [0.25, 0.3) is 10.6 Å². The Bertz CT molecular complexity index is 1490. The number of amides is 2. The molecule has 0 aliphatic heterocycles. The molecule has 1 aromatic heterocycles. The van der Waals surface area contributed by atoms with Gasteiger partial charge in [-0.2, -0.15) is 5.10 Å². The van der Waals surface area contributed by atoms with Crippen LogP contribution in [0.3, 0.4) is 0 Å². The van der Waals surface area contributed by atoms with Gasteiger partial charge in [0.15, 0.2) is 0 Å². The van der Waals surface area contributed by atoms with Crippen LogP contribution in [0.15, 0.2) is 82.4 Å². The lowest BCUT2D eigenvalue weighted by Crippen LogP contribution is -2.32. The Morgan fingerprint density at radius 3 is 2.51 bits per heavy atom. The molecule has 0 aliphatic rings. The van der Waals surface area contributed by atoms with Gasteiger partial charge in [0, 0.05) is 15.6 Å². The Morgan fingerprint density at radius 2 is 1.77 bits per heavy atom. The van der Waals surface area contributed by atoms with Gasteiger partial charge in [0.25, 0.3) is 0 Å². The Morgan fingerprint density at radius 1 is 1.00 bits per heavy atom. The summed E-state index contributed by atoms with van der Waals surface area (Å²) >= 11 is 4.49. The van der Waals surface area contributed by atoms with E-state index in [1.807, 2.05) is 37.3 Å². The molecule has 1 heterocycles. The molecule has 0 saturated carbocycles. The minimum atomic E-state index is -1.01. The first-order valence-electron chi connectivity index (χ1n) is 11.7. The lowest BCUT2D eigenvalue weighted by Gasteiger charge is -2.09. The summed E-state index contributed by atoms with van der Waals surface area (Å²) in [5.41, 5.74) is 3.71. The Hall–Kier alpha value is -4.42. The summed E-state index contributed by atoms with van der Waals surface area (Å²) in [6, 6.07) is 20.9. The number of anilines is 1. The molecule has 0 bridgehead atoms. The van der Waals surface area contributed by atoms with Crippen molar-refractivity contribution in [3.63, 3.8) is 0 Å². The van der Waals surface area contributed by atoms with Gasteiger partial charge in [0.2, 0.25) is 5.13 Å². The van der Waals surface area contributed by atoms with Crippen molar-refractivity contribution < 1.29 is 23.9 Å². The van der Waals surface area contributed by atoms with Crippen molar-refractivity contribution in [3.05, 3.63) is 88.4 Å². The maximum Gasteiger partial charge on any atom is 0.343 e. The zero-order valence-corrected chi connectivity index (χ0v) is 23.0. The molecular weight excluding hydrogens is 586 g/mol. The van der Waals surface area contributed by atoms with Crippen LogP contribution in [0, 0.1) is 0 Å². The Balaban J connectivity index is 1.36. The molecular formula is C27H22BrN5O5S. The second kappa shape index (κ2) is 13.4. The lowest BCUT2D eigenvalue weighted by molar-refractivity contribution is -0.136. The molecule has 0 aliphatic carbocycles. The topological polar surface area (TPSA) is 132 Å². The standard InChI is InChI=1S/C27H22BrN5O5S/c1-2-14-37-21-11-8-18(9-12-21)26(36)38-22-13-10-20(28)15-19(22)16-29-31-24(35)23(34)30-27-33-32-25(39-27)17-6-4-3-5-7-17/h3-13,15-16H,2,14H2,1H3,(H,31,35)(H,30,33,34)/b29-16+. The van der Waals surface area contributed by atoms with Gasteiger partial charge in [-0.25, -0.2) is 10.2 Å². The largest absolute Gasteiger partial charge is 0.494 e.